The summed E-state index contributed by atoms with van der Waals surface area (Å²) >= 11 is 7.88. The van der Waals surface area contributed by atoms with E-state index in [1.807, 2.05) is 59.9 Å². The number of fused-ring (bicyclic) bond motifs is 3. The molecule has 0 bridgehead atoms. The second-order valence-corrected chi connectivity index (χ2v) is 8.71. The Hall–Kier alpha value is -2.01. The number of rotatable bonds is 3. The SMILES string of the molecule is CN(C)CC(=O)N1C[C@H](c2ccc(Cl)cc2)Sc2ccc3ccccc3c21. The molecular weight excluding hydrogens is 376 g/mol. The zero-order valence-corrected chi connectivity index (χ0v) is 16.9. The van der Waals surface area contributed by atoms with E-state index in [9.17, 15) is 4.79 Å². The molecule has 0 radical (unpaired) electrons. The van der Waals surface area contributed by atoms with Crippen LogP contribution >= 0.6 is 23.4 Å². The number of anilines is 1. The highest BCUT2D eigenvalue weighted by Crippen LogP contribution is 2.48. The Morgan fingerprint density at radius 2 is 1.85 bits per heavy atom. The molecule has 0 saturated carbocycles. The molecule has 3 aromatic rings. The van der Waals surface area contributed by atoms with Gasteiger partial charge in [0.05, 0.1) is 17.5 Å². The smallest absolute Gasteiger partial charge is 0.241 e. The summed E-state index contributed by atoms with van der Waals surface area (Å²) in [7, 11) is 3.86. The summed E-state index contributed by atoms with van der Waals surface area (Å²) in [5, 5.41) is 3.20. The number of carbonyl (C=O) groups is 1. The van der Waals surface area contributed by atoms with Crippen molar-refractivity contribution in [1.82, 2.24) is 4.90 Å². The molecule has 5 heteroatoms. The molecule has 3 nitrogen and oxygen atoms in total. The molecule has 0 fully saturated rings. The molecule has 1 aliphatic heterocycles. The monoisotopic (exact) mass is 396 g/mol. The number of carbonyl (C=O) groups excluding carboxylic acids is 1. The molecular formula is C22H21ClN2OS. The number of hydrogen-bond donors (Lipinski definition) is 0. The van der Waals surface area contributed by atoms with E-state index < -0.39 is 0 Å². The summed E-state index contributed by atoms with van der Waals surface area (Å²) in [6.45, 7) is 1.04. The highest BCUT2D eigenvalue weighted by Gasteiger charge is 2.31. The average Bonchev–Trinajstić information content (AvgIpc) is 2.67. The van der Waals surface area contributed by atoms with Crippen molar-refractivity contribution in [2.45, 2.75) is 10.1 Å². The Morgan fingerprint density at radius 1 is 1.11 bits per heavy atom. The van der Waals surface area contributed by atoms with E-state index in [1.165, 1.54) is 5.56 Å². The molecule has 1 amide bonds. The third-order valence-electron chi connectivity index (χ3n) is 4.75. The van der Waals surface area contributed by atoms with Gasteiger partial charge in [-0.15, -0.1) is 11.8 Å². The van der Waals surface area contributed by atoms with Crippen LogP contribution in [0.4, 0.5) is 5.69 Å². The third-order valence-corrected chi connectivity index (χ3v) is 6.29. The van der Waals surface area contributed by atoms with Crippen LogP contribution in [0.1, 0.15) is 10.8 Å². The Bertz CT molecular complexity index is 987. The Balaban J connectivity index is 1.81. The molecule has 0 aromatic heterocycles. The molecule has 1 atom stereocenters. The number of halogens is 1. The van der Waals surface area contributed by atoms with Gasteiger partial charge in [-0.3, -0.25) is 4.79 Å². The topological polar surface area (TPSA) is 23.6 Å². The third kappa shape index (κ3) is 3.70. The van der Waals surface area contributed by atoms with Gasteiger partial charge in [0.1, 0.15) is 0 Å². The van der Waals surface area contributed by atoms with Gasteiger partial charge < -0.3 is 9.80 Å². The summed E-state index contributed by atoms with van der Waals surface area (Å²) in [6.07, 6.45) is 0. The lowest BCUT2D eigenvalue weighted by Gasteiger charge is -2.36. The van der Waals surface area contributed by atoms with E-state index in [0.29, 0.717) is 13.1 Å². The van der Waals surface area contributed by atoms with Gasteiger partial charge in [0.2, 0.25) is 5.91 Å². The lowest BCUT2D eigenvalue weighted by Crippen LogP contribution is -2.41. The maximum atomic E-state index is 13.1. The van der Waals surface area contributed by atoms with E-state index in [0.717, 1.165) is 26.4 Å². The van der Waals surface area contributed by atoms with Gasteiger partial charge in [-0.05, 0) is 43.2 Å². The van der Waals surface area contributed by atoms with Crippen molar-refractivity contribution in [3.05, 3.63) is 71.2 Å². The van der Waals surface area contributed by atoms with Crippen LogP contribution in [0.5, 0.6) is 0 Å². The van der Waals surface area contributed by atoms with Gasteiger partial charge in [-0.1, -0.05) is 54.1 Å². The quantitative estimate of drug-likeness (QED) is 0.605. The first-order valence-corrected chi connectivity index (χ1v) is 10.2. The molecule has 0 aliphatic carbocycles. The Kier molecular flexibility index (Phi) is 5.13. The number of hydrogen-bond acceptors (Lipinski definition) is 3. The van der Waals surface area contributed by atoms with Crippen molar-refractivity contribution in [3.63, 3.8) is 0 Å². The number of thioether (sulfide) groups is 1. The zero-order chi connectivity index (χ0) is 19.0. The largest absolute Gasteiger partial charge is 0.308 e. The average molecular weight is 397 g/mol. The fraction of sp³-hybridized carbons (Fsp3) is 0.227. The summed E-state index contributed by atoms with van der Waals surface area (Å²) in [5.41, 5.74) is 2.22. The van der Waals surface area contributed by atoms with Crippen molar-refractivity contribution in [2.24, 2.45) is 0 Å². The van der Waals surface area contributed by atoms with E-state index in [1.54, 1.807) is 0 Å². The first kappa shape index (κ1) is 18.4. The van der Waals surface area contributed by atoms with Crippen molar-refractivity contribution in [2.75, 3.05) is 32.1 Å². The first-order chi connectivity index (χ1) is 13.0. The molecule has 0 spiro atoms. The number of likely N-dealkylation sites (N-methyl/N-ethyl adjacent to an activating group) is 1. The van der Waals surface area contributed by atoms with Crippen LogP contribution < -0.4 is 4.90 Å². The van der Waals surface area contributed by atoms with Gasteiger partial charge in [-0.25, -0.2) is 0 Å². The predicted molar refractivity (Wildman–Crippen MR) is 115 cm³/mol. The molecule has 138 valence electrons. The fourth-order valence-electron chi connectivity index (χ4n) is 3.49. The molecule has 0 unspecified atom stereocenters. The maximum Gasteiger partial charge on any atom is 0.241 e. The van der Waals surface area contributed by atoms with Crippen LogP contribution in [0.15, 0.2) is 65.6 Å². The molecule has 0 saturated heterocycles. The molecule has 1 aliphatic rings. The number of amides is 1. The van der Waals surface area contributed by atoms with Crippen LogP contribution in [0.2, 0.25) is 5.02 Å². The van der Waals surface area contributed by atoms with Crippen molar-refractivity contribution < 1.29 is 4.79 Å². The number of benzene rings is 3. The minimum atomic E-state index is 0.122. The van der Waals surface area contributed by atoms with Crippen molar-refractivity contribution >= 4 is 45.7 Å². The number of nitrogens with zero attached hydrogens (tertiary/aromatic N) is 2. The highest BCUT2D eigenvalue weighted by molar-refractivity contribution is 7.99. The van der Waals surface area contributed by atoms with E-state index in [4.69, 9.17) is 11.6 Å². The molecule has 27 heavy (non-hydrogen) atoms. The van der Waals surface area contributed by atoms with Gasteiger partial charge in [-0.2, -0.15) is 0 Å². The lowest BCUT2D eigenvalue weighted by molar-refractivity contribution is -0.119. The van der Waals surface area contributed by atoms with Crippen LogP contribution in [0.3, 0.4) is 0 Å². The van der Waals surface area contributed by atoms with Crippen LogP contribution in [-0.4, -0.2) is 38.0 Å². The van der Waals surface area contributed by atoms with E-state index >= 15 is 0 Å². The van der Waals surface area contributed by atoms with Crippen LogP contribution in [-0.2, 0) is 4.79 Å². The van der Waals surface area contributed by atoms with Gasteiger partial charge >= 0.3 is 0 Å². The maximum absolute atomic E-state index is 13.1. The van der Waals surface area contributed by atoms with Gasteiger partial charge in [0.15, 0.2) is 0 Å². The molecule has 3 aromatic carbocycles. The molecule has 1 heterocycles. The minimum absolute atomic E-state index is 0.122. The van der Waals surface area contributed by atoms with E-state index in [-0.39, 0.29) is 11.2 Å². The van der Waals surface area contributed by atoms with Crippen LogP contribution in [0.25, 0.3) is 10.8 Å². The summed E-state index contributed by atoms with van der Waals surface area (Å²) in [5.74, 6) is 0.122. The summed E-state index contributed by atoms with van der Waals surface area (Å²) in [6, 6.07) is 20.5. The van der Waals surface area contributed by atoms with Crippen molar-refractivity contribution in [1.29, 1.82) is 0 Å². The fourth-order valence-corrected chi connectivity index (χ4v) is 4.92. The second-order valence-electron chi connectivity index (χ2n) is 7.03. The van der Waals surface area contributed by atoms with E-state index in [2.05, 4.69) is 36.4 Å². The first-order valence-electron chi connectivity index (χ1n) is 8.92. The molecule has 4 rings (SSSR count). The Morgan fingerprint density at radius 3 is 2.59 bits per heavy atom. The zero-order valence-electron chi connectivity index (χ0n) is 15.4. The minimum Gasteiger partial charge on any atom is -0.308 e. The van der Waals surface area contributed by atoms with Gasteiger partial charge in [0, 0.05) is 21.8 Å². The normalized spacial score (nSPS) is 16.6. The van der Waals surface area contributed by atoms with Crippen molar-refractivity contribution in [3.8, 4) is 0 Å². The lowest BCUT2D eigenvalue weighted by atomic mass is 10.1. The highest BCUT2D eigenvalue weighted by atomic mass is 35.5. The second kappa shape index (κ2) is 7.55. The summed E-state index contributed by atoms with van der Waals surface area (Å²) < 4.78 is 0. The van der Waals surface area contributed by atoms with Crippen LogP contribution in [0, 0.1) is 0 Å². The Labute approximate surface area is 168 Å². The summed E-state index contributed by atoms with van der Waals surface area (Å²) in [4.78, 5) is 18.1. The van der Waals surface area contributed by atoms with Gasteiger partial charge in [0.25, 0.3) is 0 Å². The molecule has 0 N–H and O–H groups in total. The predicted octanol–water partition coefficient (Wildman–Crippen LogP) is 5.23. The standard InChI is InChI=1S/C22H21ClN2OS/c1-24(2)14-21(26)25-13-20(16-7-10-17(23)11-8-16)27-19-12-9-15-5-3-4-6-18(15)22(19)25/h3-12,20H,13-14H2,1-2H3/t20-/m1/s1.